The van der Waals surface area contributed by atoms with Crippen LogP contribution in [0.15, 0.2) is 16.6 Å². The lowest BCUT2D eigenvalue weighted by atomic mass is 9.84. The monoisotopic (exact) mass is 332 g/mol. The van der Waals surface area contributed by atoms with Gasteiger partial charge in [0.25, 0.3) is 0 Å². The molecular weight excluding hydrogens is 318 g/mol. The number of nitrogens with one attached hydrogen (secondary N) is 1. The van der Waals surface area contributed by atoms with Crippen LogP contribution in [0.25, 0.3) is 0 Å². The molecule has 1 fully saturated rings. The molecule has 1 aromatic carbocycles. The Labute approximate surface area is 118 Å². The highest BCUT2D eigenvalue weighted by Gasteiger charge is 2.43. The molecule has 0 aromatic heterocycles. The van der Waals surface area contributed by atoms with E-state index in [1.807, 2.05) is 0 Å². The van der Waals surface area contributed by atoms with Crippen LogP contribution in [0.1, 0.15) is 26.2 Å². The molecule has 104 valence electrons. The Morgan fingerprint density at radius 2 is 2.05 bits per heavy atom. The van der Waals surface area contributed by atoms with Crippen molar-refractivity contribution in [1.82, 2.24) is 0 Å². The smallest absolute Gasteiger partial charge is 0.232 e. The molecule has 0 spiro atoms. The molecule has 6 heteroatoms. The molecule has 0 aliphatic heterocycles. The fraction of sp³-hybridized carbons (Fsp3) is 0.462. The summed E-state index contributed by atoms with van der Waals surface area (Å²) >= 11 is 2.99. The molecule has 1 aliphatic rings. The number of rotatable bonds is 2. The van der Waals surface area contributed by atoms with Gasteiger partial charge in [-0.05, 0) is 31.9 Å². The first-order valence-corrected chi connectivity index (χ1v) is 6.85. The second kappa shape index (κ2) is 5.17. The van der Waals surface area contributed by atoms with E-state index in [9.17, 15) is 13.6 Å². The molecule has 19 heavy (non-hydrogen) atoms. The fourth-order valence-corrected chi connectivity index (χ4v) is 2.79. The molecule has 0 radical (unpaired) electrons. The van der Waals surface area contributed by atoms with Gasteiger partial charge in [0.15, 0.2) is 11.6 Å². The van der Waals surface area contributed by atoms with E-state index >= 15 is 0 Å². The molecule has 1 aromatic rings. The lowest BCUT2D eigenvalue weighted by Gasteiger charge is -2.27. The predicted molar refractivity (Wildman–Crippen MR) is 72.6 cm³/mol. The van der Waals surface area contributed by atoms with E-state index in [0.29, 0.717) is 6.42 Å². The molecule has 3 nitrogen and oxygen atoms in total. The summed E-state index contributed by atoms with van der Waals surface area (Å²) in [7, 11) is 0. The van der Waals surface area contributed by atoms with Gasteiger partial charge in [-0.2, -0.15) is 0 Å². The number of benzene rings is 1. The van der Waals surface area contributed by atoms with Crippen LogP contribution in [0.2, 0.25) is 0 Å². The molecular formula is C13H15BrF2N2O. The first kappa shape index (κ1) is 14.4. The van der Waals surface area contributed by atoms with Gasteiger partial charge >= 0.3 is 0 Å². The van der Waals surface area contributed by atoms with Crippen LogP contribution in [-0.2, 0) is 4.79 Å². The summed E-state index contributed by atoms with van der Waals surface area (Å²) in [5, 5.41) is 2.33. The SMILES string of the molecule is CC1(C(=O)Nc2c(F)cc(Br)cc2F)CCCC1N. The van der Waals surface area contributed by atoms with E-state index in [1.54, 1.807) is 6.92 Å². The Balaban J connectivity index is 2.25. The van der Waals surface area contributed by atoms with Gasteiger partial charge in [-0.25, -0.2) is 8.78 Å². The topological polar surface area (TPSA) is 55.1 Å². The van der Waals surface area contributed by atoms with Crippen molar-refractivity contribution in [3.8, 4) is 0 Å². The predicted octanol–water partition coefficient (Wildman–Crippen LogP) is 3.18. The van der Waals surface area contributed by atoms with Crippen LogP contribution in [0, 0.1) is 17.0 Å². The molecule has 2 rings (SSSR count). The Kier molecular flexibility index (Phi) is 3.92. The van der Waals surface area contributed by atoms with E-state index in [2.05, 4.69) is 21.2 Å². The van der Waals surface area contributed by atoms with E-state index in [0.717, 1.165) is 25.0 Å². The fourth-order valence-electron chi connectivity index (χ4n) is 2.39. The number of hydrogen-bond donors (Lipinski definition) is 2. The van der Waals surface area contributed by atoms with Crippen LogP contribution in [0.4, 0.5) is 14.5 Å². The highest BCUT2D eigenvalue weighted by atomic mass is 79.9. The van der Waals surface area contributed by atoms with Gasteiger partial charge in [0.1, 0.15) is 5.69 Å². The van der Waals surface area contributed by atoms with Gasteiger partial charge in [0.05, 0.1) is 5.41 Å². The number of anilines is 1. The molecule has 0 heterocycles. The Morgan fingerprint density at radius 1 is 1.47 bits per heavy atom. The van der Waals surface area contributed by atoms with Crippen LogP contribution in [0.5, 0.6) is 0 Å². The van der Waals surface area contributed by atoms with Crippen molar-refractivity contribution in [1.29, 1.82) is 0 Å². The summed E-state index contributed by atoms with van der Waals surface area (Å²) in [5.41, 5.74) is 4.72. The summed E-state index contributed by atoms with van der Waals surface area (Å²) in [4.78, 5) is 12.2. The Morgan fingerprint density at radius 3 is 2.53 bits per heavy atom. The highest BCUT2D eigenvalue weighted by molar-refractivity contribution is 9.10. The summed E-state index contributed by atoms with van der Waals surface area (Å²) < 4.78 is 27.6. The zero-order chi connectivity index (χ0) is 14.2. The summed E-state index contributed by atoms with van der Waals surface area (Å²) in [6.07, 6.45) is 2.21. The van der Waals surface area contributed by atoms with E-state index in [-0.39, 0.29) is 10.5 Å². The number of halogens is 3. The lowest BCUT2D eigenvalue weighted by molar-refractivity contribution is -0.125. The van der Waals surface area contributed by atoms with E-state index in [1.165, 1.54) is 0 Å². The van der Waals surface area contributed by atoms with Gasteiger partial charge in [0.2, 0.25) is 5.91 Å². The van der Waals surface area contributed by atoms with Crippen molar-refractivity contribution in [2.75, 3.05) is 5.32 Å². The number of nitrogens with two attached hydrogens (primary N) is 1. The third-order valence-electron chi connectivity index (χ3n) is 3.79. The first-order valence-electron chi connectivity index (χ1n) is 6.06. The average Bonchev–Trinajstić information content (AvgIpc) is 2.65. The molecule has 0 saturated heterocycles. The molecule has 1 saturated carbocycles. The quantitative estimate of drug-likeness (QED) is 0.873. The second-order valence-corrected chi connectivity index (χ2v) is 6.03. The second-order valence-electron chi connectivity index (χ2n) is 5.11. The van der Waals surface area contributed by atoms with Gasteiger partial charge < -0.3 is 11.1 Å². The number of hydrogen-bond acceptors (Lipinski definition) is 2. The maximum absolute atomic E-state index is 13.7. The third kappa shape index (κ3) is 2.65. The van der Waals surface area contributed by atoms with Crippen LogP contribution in [0.3, 0.4) is 0 Å². The van der Waals surface area contributed by atoms with E-state index < -0.39 is 28.6 Å². The maximum atomic E-state index is 13.7. The van der Waals surface area contributed by atoms with Crippen LogP contribution in [-0.4, -0.2) is 11.9 Å². The zero-order valence-electron chi connectivity index (χ0n) is 10.5. The highest BCUT2D eigenvalue weighted by Crippen LogP contribution is 2.38. The van der Waals surface area contributed by atoms with Gasteiger partial charge in [-0.1, -0.05) is 22.4 Å². The zero-order valence-corrected chi connectivity index (χ0v) is 12.1. The summed E-state index contributed by atoms with van der Waals surface area (Å²) in [6, 6.07) is 1.93. The van der Waals surface area contributed by atoms with Crippen molar-refractivity contribution in [3.05, 3.63) is 28.2 Å². The lowest BCUT2D eigenvalue weighted by Crippen LogP contribution is -2.44. The van der Waals surface area contributed by atoms with Crippen molar-refractivity contribution in [2.45, 2.75) is 32.2 Å². The van der Waals surface area contributed by atoms with Crippen molar-refractivity contribution < 1.29 is 13.6 Å². The van der Waals surface area contributed by atoms with Gasteiger partial charge in [-0.15, -0.1) is 0 Å². The van der Waals surface area contributed by atoms with Gasteiger partial charge in [0, 0.05) is 10.5 Å². The minimum absolute atomic E-state index is 0.282. The number of carbonyl (C=O) groups excluding carboxylic acids is 1. The Hall–Kier alpha value is -1.01. The number of carbonyl (C=O) groups is 1. The average molecular weight is 333 g/mol. The minimum atomic E-state index is -0.810. The van der Waals surface area contributed by atoms with E-state index in [4.69, 9.17) is 5.73 Å². The van der Waals surface area contributed by atoms with Crippen LogP contribution >= 0.6 is 15.9 Å². The largest absolute Gasteiger partial charge is 0.327 e. The summed E-state index contributed by atoms with van der Waals surface area (Å²) in [5.74, 6) is -2.05. The van der Waals surface area contributed by atoms with Crippen molar-refractivity contribution >= 4 is 27.5 Å². The third-order valence-corrected chi connectivity index (χ3v) is 4.25. The first-order chi connectivity index (χ1) is 8.84. The normalized spacial score (nSPS) is 26.5. The Bertz CT molecular complexity index is 500. The molecule has 1 amide bonds. The van der Waals surface area contributed by atoms with Crippen LogP contribution < -0.4 is 11.1 Å². The standard InChI is InChI=1S/C13H15BrF2N2O/c1-13(4-2-3-10(13)17)12(19)18-11-8(15)5-7(14)6-9(11)16/h5-6,10H,2-4,17H2,1H3,(H,18,19). The van der Waals surface area contributed by atoms with Crippen molar-refractivity contribution in [3.63, 3.8) is 0 Å². The molecule has 3 N–H and O–H groups in total. The van der Waals surface area contributed by atoms with Gasteiger partial charge in [-0.3, -0.25) is 4.79 Å². The molecule has 2 atom stereocenters. The molecule has 0 bridgehead atoms. The van der Waals surface area contributed by atoms with Crippen molar-refractivity contribution in [2.24, 2.45) is 11.1 Å². The maximum Gasteiger partial charge on any atom is 0.232 e. The summed E-state index contributed by atoms with van der Waals surface area (Å²) in [6.45, 7) is 1.73. The number of amides is 1. The molecule has 1 aliphatic carbocycles. The minimum Gasteiger partial charge on any atom is -0.327 e. The molecule has 2 unspecified atom stereocenters.